The number of benzene rings is 4. The molecule has 2 aliphatic heterocycles. The second-order valence-electron chi connectivity index (χ2n) is 13.8. The molecule has 296 valence electrons. The van der Waals surface area contributed by atoms with Gasteiger partial charge in [-0.2, -0.15) is 4.91 Å². The molecule has 10 heteroatoms. The minimum absolute atomic E-state index is 0.00231. The van der Waals surface area contributed by atoms with E-state index < -0.39 is 39.6 Å². The lowest BCUT2D eigenvalue weighted by Gasteiger charge is -2.48. The molecule has 2 saturated heterocycles. The average Bonchev–Trinajstić information content (AvgIpc) is 3.20. The summed E-state index contributed by atoms with van der Waals surface area (Å²) in [6.45, 7) is 11.7. The Morgan fingerprint density at radius 2 is 1.60 bits per heavy atom. The third kappa shape index (κ3) is 10.5. The van der Waals surface area contributed by atoms with Gasteiger partial charge in [0.05, 0.1) is 35.9 Å². The number of sulfonamides is 1. The number of rotatable bonds is 12. The Kier molecular flexibility index (Phi) is 16.2. The van der Waals surface area contributed by atoms with Gasteiger partial charge in [-0.05, 0) is 85.9 Å². The number of allylic oxidation sites excluding steroid dienone is 2. The summed E-state index contributed by atoms with van der Waals surface area (Å²) in [4.78, 5) is 11.2. The third-order valence-electron chi connectivity index (χ3n) is 10.2. The molecule has 5 unspecified atom stereocenters. The minimum atomic E-state index is -3.61. The molecule has 8 nitrogen and oxygen atoms in total. The number of halogens is 1. The van der Waals surface area contributed by atoms with Crippen molar-refractivity contribution >= 4 is 15.7 Å². The van der Waals surface area contributed by atoms with Crippen molar-refractivity contribution in [3.63, 3.8) is 0 Å². The monoisotopic (exact) mass is 772 g/mol. The second kappa shape index (κ2) is 20.5. The van der Waals surface area contributed by atoms with Gasteiger partial charge in [0.2, 0.25) is 10.0 Å². The molecule has 55 heavy (non-hydrogen) atoms. The SMILES string of the molecule is CC.CC/C=C(/F)CC.CCC1OC(c2ccc(-c3ccc(C4C(CCCc5ccc(C)cc5)S(=O)(=O)N4c4ccccc4)c(O)c3)cc2)CC(O)[C@@H]1N=O. The molecule has 2 fully saturated rings. The summed E-state index contributed by atoms with van der Waals surface area (Å²) in [7, 11) is -3.61. The average molecular weight is 773 g/mol. The third-order valence-corrected chi connectivity index (χ3v) is 12.4. The van der Waals surface area contributed by atoms with Gasteiger partial charge in [-0.1, -0.05) is 130 Å². The first kappa shape index (κ1) is 43.3. The quantitative estimate of drug-likeness (QED) is 0.139. The number of nitroso groups, excluding NO2 is 1. The molecule has 0 spiro atoms. The van der Waals surface area contributed by atoms with Gasteiger partial charge < -0.3 is 14.9 Å². The van der Waals surface area contributed by atoms with Crippen LogP contribution in [0, 0.1) is 11.8 Å². The number of aliphatic hydroxyl groups is 1. The smallest absolute Gasteiger partial charge is 0.241 e. The number of phenolic OH excluding ortho intramolecular Hbond substituents is 1. The molecule has 0 saturated carbocycles. The Balaban J connectivity index is 0.000000674. The van der Waals surface area contributed by atoms with Crippen LogP contribution in [-0.4, -0.2) is 42.1 Å². The lowest BCUT2D eigenvalue weighted by atomic mass is 9.90. The Morgan fingerprint density at radius 1 is 0.945 bits per heavy atom. The number of ether oxygens (including phenoxy) is 1. The number of phenols is 1. The number of hydrogen-bond donors (Lipinski definition) is 2. The summed E-state index contributed by atoms with van der Waals surface area (Å²) < 4.78 is 46.9. The Morgan fingerprint density at radius 3 is 2.16 bits per heavy atom. The van der Waals surface area contributed by atoms with Crippen LogP contribution >= 0.6 is 0 Å². The van der Waals surface area contributed by atoms with Gasteiger partial charge in [0.25, 0.3) is 0 Å². The van der Waals surface area contributed by atoms with Crippen molar-refractivity contribution in [2.24, 2.45) is 5.18 Å². The molecule has 0 aliphatic carbocycles. The van der Waals surface area contributed by atoms with Crippen LogP contribution in [0.15, 0.2) is 114 Å². The molecule has 0 radical (unpaired) electrons. The highest BCUT2D eigenvalue weighted by molar-refractivity contribution is 7.95. The first-order valence-corrected chi connectivity index (χ1v) is 21.1. The number of nitrogens with zero attached hydrogens (tertiary/aromatic N) is 2. The zero-order chi connectivity index (χ0) is 40.1. The van der Waals surface area contributed by atoms with E-state index in [0.717, 1.165) is 29.5 Å². The van der Waals surface area contributed by atoms with Crippen molar-refractivity contribution in [2.75, 3.05) is 4.31 Å². The van der Waals surface area contributed by atoms with Crippen LogP contribution in [0.3, 0.4) is 0 Å². The van der Waals surface area contributed by atoms with E-state index in [9.17, 15) is 27.9 Å². The molecular formula is C45H57FN2O6S. The normalized spacial score (nSPS) is 23.0. The van der Waals surface area contributed by atoms with E-state index >= 15 is 0 Å². The van der Waals surface area contributed by atoms with Gasteiger partial charge in [0, 0.05) is 12.0 Å². The van der Waals surface area contributed by atoms with Gasteiger partial charge in [-0.3, -0.25) is 4.31 Å². The van der Waals surface area contributed by atoms with Gasteiger partial charge in [-0.15, -0.1) is 0 Å². The molecule has 6 rings (SSSR count). The van der Waals surface area contributed by atoms with Gasteiger partial charge in [-0.25, -0.2) is 12.8 Å². The molecule has 0 amide bonds. The highest BCUT2D eigenvalue weighted by Crippen LogP contribution is 2.50. The summed E-state index contributed by atoms with van der Waals surface area (Å²) in [6, 6.07) is 29.2. The van der Waals surface area contributed by atoms with Crippen LogP contribution in [0.4, 0.5) is 10.1 Å². The number of aromatic hydroxyl groups is 1. The molecule has 0 aromatic heterocycles. The highest BCUT2D eigenvalue weighted by Gasteiger charge is 2.54. The van der Waals surface area contributed by atoms with Crippen molar-refractivity contribution < 1.29 is 27.8 Å². The Bertz CT molecular complexity index is 1940. The van der Waals surface area contributed by atoms with E-state index in [1.54, 1.807) is 24.3 Å². The number of anilines is 1. The van der Waals surface area contributed by atoms with Crippen LogP contribution < -0.4 is 4.31 Å². The Labute approximate surface area is 327 Å². The van der Waals surface area contributed by atoms with E-state index in [1.807, 2.05) is 96.1 Å². The van der Waals surface area contributed by atoms with Crippen LogP contribution in [0.5, 0.6) is 5.75 Å². The lowest BCUT2D eigenvalue weighted by molar-refractivity contribution is -0.111. The second-order valence-corrected chi connectivity index (χ2v) is 15.8. The fraction of sp³-hybridized carbons (Fsp3) is 0.422. The van der Waals surface area contributed by atoms with Crippen LogP contribution in [0.2, 0.25) is 0 Å². The highest BCUT2D eigenvalue weighted by atomic mass is 32.2. The number of aryl methyl sites for hydroxylation is 2. The van der Waals surface area contributed by atoms with Crippen LogP contribution in [0.1, 0.15) is 108 Å². The number of hydrogen-bond acceptors (Lipinski definition) is 7. The first-order valence-electron chi connectivity index (χ1n) is 19.6. The summed E-state index contributed by atoms with van der Waals surface area (Å²) in [6.07, 6.45) is 4.13. The minimum Gasteiger partial charge on any atom is -0.508 e. The lowest BCUT2D eigenvalue weighted by Crippen LogP contribution is -2.58. The zero-order valence-electron chi connectivity index (χ0n) is 32.9. The van der Waals surface area contributed by atoms with Gasteiger partial charge in [0.15, 0.2) is 0 Å². The molecule has 2 heterocycles. The molecule has 6 atom stereocenters. The maximum atomic E-state index is 13.7. The van der Waals surface area contributed by atoms with Crippen molar-refractivity contribution in [1.82, 2.24) is 0 Å². The molecule has 4 aromatic carbocycles. The summed E-state index contributed by atoms with van der Waals surface area (Å²) in [5.41, 5.74) is 6.07. The zero-order valence-corrected chi connectivity index (χ0v) is 33.8. The number of aliphatic hydroxyl groups excluding tert-OH is 1. The topological polar surface area (TPSA) is 116 Å². The molecule has 2 N–H and O–H groups in total. The predicted molar refractivity (Wildman–Crippen MR) is 221 cm³/mol. The Hall–Kier alpha value is -4.38. The molecular weight excluding hydrogens is 716 g/mol. The maximum Gasteiger partial charge on any atom is 0.241 e. The fourth-order valence-corrected chi connectivity index (χ4v) is 9.36. The van der Waals surface area contributed by atoms with Crippen LogP contribution in [0.25, 0.3) is 11.1 Å². The van der Waals surface area contributed by atoms with E-state index in [1.165, 1.54) is 15.4 Å². The van der Waals surface area contributed by atoms with Crippen molar-refractivity contribution in [2.45, 2.75) is 122 Å². The predicted octanol–water partition coefficient (Wildman–Crippen LogP) is 11.1. The van der Waals surface area contributed by atoms with Gasteiger partial charge in [0.1, 0.15) is 17.0 Å². The van der Waals surface area contributed by atoms with E-state index in [0.29, 0.717) is 36.9 Å². The standard InChI is InChI=1S/C37H40N2O6S.C6H11F.C2H6/c1-3-33-36(38-42)32(41)23-34(45-33)27-18-16-26(17-19-27)28-20-21-30(31(40)22-28)37-35(11-7-8-25-14-12-24(2)13-15-25)46(43,44)39(37)29-9-5-4-6-10-29;1-3-5-6(7)4-2;1-2/h4-6,9-10,12-22,32-37,40-41H,3,7-8,11,23H2,1-2H3;5H,3-4H2,1-2H3;1-2H3/b;6-5+;/t32?,33?,34?,35?,36-,37?;;/m0../s1. The largest absolute Gasteiger partial charge is 0.508 e. The van der Waals surface area contributed by atoms with Gasteiger partial charge >= 0.3 is 0 Å². The summed E-state index contributed by atoms with van der Waals surface area (Å²) in [5.74, 6) is 0.0466. The molecule has 2 aliphatic rings. The molecule has 0 bridgehead atoms. The summed E-state index contributed by atoms with van der Waals surface area (Å²) >= 11 is 0. The van der Waals surface area contributed by atoms with Crippen molar-refractivity contribution in [1.29, 1.82) is 0 Å². The van der Waals surface area contributed by atoms with Crippen molar-refractivity contribution in [3.05, 3.63) is 136 Å². The van der Waals surface area contributed by atoms with E-state index in [-0.39, 0.29) is 24.1 Å². The summed E-state index contributed by atoms with van der Waals surface area (Å²) in [5, 5.41) is 24.3. The maximum absolute atomic E-state index is 13.7. The van der Waals surface area contributed by atoms with E-state index in [2.05, 4.69) is 29.4 Å². The van der Waals surface area contributed by atoms with E-state index in [4.69, 9.17) is 4.74 Å². The first-order chi connectivity index (χ1) is 26.5. The number of para-hydroxylation sites is 1. The van der Waals surface area contributed by atoms with Crippen molar-refractivity contribution in [3.8, 4) is 16.9 Å². The van der Waals surface area contributed by atoms with Crippen LogP contribution in [-0.2, 0) is 21.2 Å². The molecule has 4 aromatic rings. The fourth-order valence-electron chi connectivity index (χ4n) is 7.21.